The van der Waals surface area contributed by atoms with Crippen molar-refractivity contribution in [2.45, 2.75) is 44.2 Å². The highest BCUT2D eigenvalue weighted by atomic mass is 16.5. The van der Waals surface area contributed by atoms with E-state index in [4.69, 9.17) is 10.5 Å². The second kappa shape index (κ2) is 4.43. The van der Waals surface area contributed by atoms with Gasteiger partial charge in [0.05, 0.1) is 6.10 Å². The van der Waals surface area contributed by atoms with E-state index in [1.54, 1.807) is 0 Å². The summed E-state index contributed by atoms with van der Waals surface area (Å²) in [5.74, 6) is 1.29. The third kappa shape index (κ3) is 2.00. The van der Waals surface area contributed by atoms with Crippen molar-refractivity contribution in [1.29, 1.82) is 0 Å². The Hall–Kier alpha value is -0.860. The highest BCUT2D eigenvalue weighted by molar-refractivity contribution is 5.39. The van der Waals surface area contributed by atoms with Crippen LogP contribution in [0.1, 0.15) is 36.8 Å². The van der Waals surface area contributed by atoms with Crippen molar-refractivity contribution >= 4 is 0 Å². The summed E-state index contributed by atoms with van der Waals surface area (Å²) in [6.45, 7) is 3.15. The minimum Gasteiger partial charge on any atom is -0.376 e. The van der Waals surface area contributed by atoms with E-state index >= 15 is 0 Å². The van der Waals surface area contributed by atoms with Gasteiger partial charge in [-0.3, -0.25) is 0 Å². The molecule has 4 atom stereocenters. The van der Waals surface area contributed by atoms with Gasteiger partial charge in [-0.05, 0) is 42.2 Å². The minimum atomic E-state index is 0.200. The van der Waals surface area contributed by atoms with Crippen molar-refractivity contribution in [2.24, 2.45) is 11.7 Å². The number of benzene rings is 1. The Morgan fingerprint density at radius 3 is 2.94 bits per heavy atom. The van der Waals surface area contributed by atoms with Crippen molar-refractivity contribution in [1.82, 2.24) is 0 Å². The number of fused-ring (bicyclic) bond motifs is 1. The van der Waals surface area contributed by atoms with Gasteiger partial charge < -0.3 is 10.5 Å². The van der Waals surface area contributed by atoms with Crippen LogP contribution in [0.4, 0.5) is 0 Å². The fourth-order valence-corrected chi connectivity index (χ4v) is 3.30. The molecule has 1 aliphatic carbocycles. The van der Waals surface area contributed by atoms with E-state index in [2.05, 4.69) is 31.2 Å². The molecular weight excluding hydrogens is 210 g/mol. The van der Waals surface area contributed by atoms with E-state index in [0.717, 1.165) is 13.0 Å². The molecular formula is C15H21NO. The van der Waals surface area contributed by atoms with Gasteiger partial charge in [-0.25, -0.2) is 0 Å². The lowest BCUT2D eigenvalue weighted by atomic mass is 9.73. The van der Waals surface area contributed by atoms with Crippen molar-refractivity contribution < 1.29 is 4.74 Å². The van der Waals surface area contributed by atoms with Crippen LogP contribution >= 0.6 is 0 Å². The van der Waals surface area contributed by atoms with Gasteiger partial charge in [0.25, 0.3) is 0 Å². The summed E-state index contributed by atoms with van der Waals surface area (Å²) in [5, 5.41) is 0. The van der Waals surface area contributed by atoms with Crippen molar-refractivity contribution in [3.05, 3.63) is 35.4 Å². The Bertz CT molecular complexity index is 404. The van der Waals surface area contributed by atoms with Gasteiger partial charge in [0, 0.05) is 12.6 Å². The first-order valence-corrected chi connectivity index (χ1v) is 6.70. The highest BCUT2D eigenvalue weighted by Crippen LogP contribution is 2.39. The predicted molar refractivity (Wildman–Crippen MR) is 69.0 cm³/mol. The number of rotatable bonds is 3. The average Bonchev–Trinajstić information content (AvgIpc) is 2.72. The normalized spacial score (nSPS) is 32.9. The van der Waals surface area contributed by atoms with Crippen molar-refractivity contribution in [3.8, 4) is 0 Å². The highest BCUT2D eigenvalue weighted by Gasteiger charge is 2.34. The lowest BCUT2D eigenvalue weighted by Crippen LogP contribution is -2.40. The number of hydrogen-bond acceptors (Lipinski definition) is 2. The molecule has 1 aliphatic heterocycles. The molecule has 1 aromatic carbocycles. The molecule has 1 saturated heterocycles. The zero-order chi connectivity index (χ0) is 11.8. The maximum atomic E-state index is 6.31. The molecule has 4 unspecified atom stereocenters. The molecule has 2 N–H and O–H groups in total. The average molecular weight is 231 g/mol. The Morgan fingerprint density at radius 1 is 1.41 bits per heavy atom. The quantitative estimate of drug-likeness (QED) is 0.867. The fourth-order valence-electron chi connectivity index (χ4n) is 3.30. The molecule has 0 radical (unpaired) electrons. The molecule has 0 bridgehead atoms. The standard InChI is InChI=1S/C15H21NO/c1-10-6-7-17-15(10)14(16)9-12-8-11-4-2-3-5-13(11)12/h2-5,10,12,14-15H,6-9,16H2,1H3. The first-order valence-electron chi connectivity index (χ1n) is 6.70. The summed E-state index contributed by atoms with van der Waals surface area (Å²) in [6.07, 6.45) is 3.72. The van der Waals surface area contributed by atoms with E-state index in [9.17, 15) is 0 Å². The summed E-state index contributed by atoms with van der Waals surface area (Å²) in [7, 11) is 0. The summed E-state index contributed by atoms with van der Waals surface area (Å²) in [6, 6.07) is 8.93. The van der Waals surface area contributed by atoms with Gasteiger partial charge in [0.1, 0.15) is 0 Å². The Morgan fingerprint density at radius 2 is 2.24 bits per heavy atom. The zero-order valence-electron chi connectivity index (χ0n) is 10.4. The van der Waals surface area contributed by atoms with Crippen LogP contribution in [-0.4, -0.2) is 18.8 Å². The Labute approximate surface area is 103 Å². The lowest BCUT2D eigenvalue weighted by molar-refractivity contribution is 0.0673. The maximum Gasteiger partial charge on any atom is 0.0752 e. The monoisotopic (exact) mass is 231 g/mol. The van der Waals surface area contributed by atoms with Crippen molar-refractivity contribution in [2.75, 3.05) is 6.61 Å². The van der Waals surface area contributed by atoms with Gasteiger partial charge in [-0.2, -0.15) is 0 Å². The van der Waals surface area contributed by atoms with Gasteiger partial charge in [-0.15, -0.1) is 0 Å². The molecule has 1 fully saturated rings. The lowest BCUT2D eigenvalue weighted by Gasteiger charge is -2.34. The van der Waals surface area contributed by atoms with E-state index in [1.807, 2.05) is 0 Å². The number of hydrogen-bond donors (Lipinski definition) is 1. The molecule has 1 heterocycles. The minimum absolute atomic E-state index is 0.200. The molecule has 0 saturated carbocycles. The summed E-state index contributed by atoms with van der Waals surface area (Å²) < 4.78 is 5.76. The first-order chi connectivity index (χ1) is 8.25. The summed E-state index contributed by atoms with van der Waals surface area (Å²) >= 11 is 0. The predicted octanol–water partition coefficient (Wildman–Crippen LogP) is 2.47. The van der Waals surface area contributed by atoms with Crippen LogP contribution in [0.3, 0.4) is 0 Å². The molecule has 3 rings (SSSR count). The second-order valence-electron chi connectivity index (χ2n) is 5.60. The summed E-state index contributed by atoms with van der Waals surface area (Å²) in [5.41, 5.74) is 9.32. The molecule has 1 aromatic rings. The molecule has 2 aliphatic rings. The van der Waals surface area contributed by atoms with Crippen LogP contribution in [0, 0.1) is 5.92 Å². The zero-order valence-corrected chi connectivity index (χ0v) is 10.4. The van der Waals surface area contributed by atoms with Gasteiger partial charge in [0.15, 0.2) is 0 Å². The Kier molecular flexibility index (Phi) is 2.93. The van der Waals surface area contributed by atoms with Crippen molar-refractivity contribution in [3.63, 3.8) is 0 Å². The number of nitrogens with two attached hydrogens (primary N) is 1. The molecule has 0 spiro atoms. The van der Waals surface area contributed by atoms with Crippen LogP contribution in [0.25, 0.3) is 0 Å². The van der Waals surface area contributed by atoms with Crippen LogP contribution in [0.15, 0.2) is 24.3 Å². The van der Waals surface area contributed by atoms with Crippen LogP contribution in [0.5, 0.6) is 0 Å². The van der Waals surface area contributed by atoms with Gasteiger partial charge in [0.2, 0.25) is 0 Å². The topological polar surface area (TPSA) is 35.2 Å². The van der Waals surface area contributed by atoms with E-state index in [0.29, 0.717) is 11.8 Å². The smallest absolute Gasteiger partial charge is 0.0752 e. The third-order valence-corrected chi connectivity index (χ3v) is 4.38. The van der Waals surface area contributed by atoms with E-state index < -0.39 is 0 Å². The van der Waals surface area contributed by atoms with Gasteiger partial charge >= 0.3 is 0 Å². The first kappa shape index (κ1) is 11.2. The largest absolute Gasteiger partial charge is 0.376 e. The fraction of sp³-hybridized carbons (Fsp3) is 0.600. The molecule has 2 nitrogen and oxygen atoms in total. The van der Waals surface area contributed by atoms with Crippen LogP contribution < -0.4 is 5.73 Å². The second-order valence-corrected chi connectivity index (χ2v) is 5.60. The molecule has 17 heavy (non-hydrogen) atoms. The molecule has 0 amide bonds. The molecule has 0 aromatic heterocycles. The molecule has 2 heteroatoms. The third-order valence-electron chi connectivity index (χ3n) is 4.38. The molecule has 92 valence electrons. The van der Waals surface area contributed by atoms with E-state index in [-0.39, 0.29) is 12.1 Å². The number of ether oxygens (including phenoxy) is 1. The van der Waals surface area contributed by atoms with Crippen LogP contribution in [0.2, 0.25) is 0 Å². The van der Waals surface area contributed by atoms with Gasteiger partial charge in [-0.1, -0.05) is 31.2 Å². The SMILES string of the molecule is CC1CCOC1C(N)CC1Cc2ccccc21. The van der Waals surface area contributed by atoms with Crippen LogP contribution in [-0.2, 0) is 11.2 Å². The Balaban J connectivity index is 1.62. The maximum absolute atomic E-state index is 6.31. The summed E-state index contributed by atoms with van der Waals surface area (Å²) in [4.78, 5) is 0. The van der Waals surface area contributed by atoms with E-state index in [1.165, 1.54) is 24.0 Å².